The standard InChI is InChI=1S/C17H13F3N6O2/c1-9(14-7-22-11(5-21)6-23-14)24-15(27)8-26-16(28)25-13-3-2-10(18)4-12(13)17(26,19)20/h2-4,6-7,9H,8H2,1H3,(H,24,27)(H,25,28)/t9-/m1/s1. The number of urea groups is 1. The van der Waals surface area contributed by atoms with E-state index in [9.17, 15) is 22.8 Å². The largest absolute Gasteiger partial charge is 0.358 e. The Kier molecular flexibility index (Phi) is 4.87. The molecule has 144 valence electrons. The minimum Gasteiger partial charge on any atom is -0.346 e. The number of rotatable bonds is 4. The molecule has 8 nitrogen and oxygen atoms in total. The summed E-state index contributed by atoms with van der Waals surface area (Å²) in [6.45, 7) is 0.565. The highest BCUT2D eigenvalue weighted by Crippen LogP contribution is 2.40. The number of alkyl halides is 2. The van der Waals surface area contributed by atoms with Crippen molar-refractivity contribution in [2.24, 2.45) is 0 Å². The molecule has 3 amide bonds. The van der Waals surface area contributed by atoms with Gasteiger partial charge in [-0.3, -0.25) is 14.7 Å². The summed E-state index contributed by atoms with van der Waals surface area (Å²) >= 11 is 0. The van der Waals surface area contributed by atoms with E-state index in [1.807, 2.05) is 0 Å². The van der Waals surface area contributed by atoms with Crippen LogP contribution in [-0.2, 0) is 10.8 Å². The first-order chi connectivity index (χ1) is 13.2. The number of amides is 3. The molecule has 0 radical (unpaired) electrons. The maximum absolute atomic E-state index is 14.7. The summed E-state index contributed by atoms with van der Waals surface area (Å²) in [6, 6.07) is -1.41. The Bertz CT molecular complexity index is 974. The summed E-state index contributed by atoms with van der Waals surface area (Å²) in [6.07, 6.45) is 2.47. The topological polar surface area (TPSA) is 111 Å². The molecule has 0 unspecified atom stereocenters. The zero-order valence-electron chi connectivity index (χ0n) is 14.4. The Morgan fingerprint density at radius 2 is 2.14 bits per heavy atom. The van der Waals surface area contributed by atoms with Crippen molar-refractivity contribution in [3.63, 3.8) is 0 Å². The third-order valence-electron chi connectivity index (χ3n) is 4.04. The molecule has 0 bridgehead atoms. The lowest BCUT2D eigenvalue weighted by molar-refractivity contribution is -0.145. The molecule has 1 aromatic carbocycles. The predicted octanol–water partition coefficient (Wildman–Crippen LogP) is 2.26. The van der Waals surface area contributed by atoms with E-state index in [-0.39, 0.29) is 16.3 Å². The number of nitrogens with one attached hydrogen (secondary N) is 2. The van der Waals surface area contributed by atoms with Crippen LogP contribution in [0, 0.1) is 17.1 Å². The van der Waals surface area contributed by atoms with Crippen molar-refractivity contribution in [2.45, 2.75) is 19.0 Å². The van der Waals surface area contributed by atoms with Gasteiger partial charge in [0.1, 0.15) is 18.4 Å². The zero-order valence-corrected chi connectivity index (χ0v) is 14.4. The second-order valence-electron chi connectivity index (χ2n) is 5.97. The minimum absolute atomic E-state index is 0.0152. The van der Waals surface area contributed by atoms with Gasteiger partial charge >= 0.3 is 12.1 Å². The van der Waals surface area contributed by atoms with Crippen LogP contribution >= 0.6 is 0 Å². The number of carbonyl (C=O) groups excluding carboxylic acids is 2. The number of fused-ring (bicyclic) bond motifs is 1. The Balaban J connectivity index is 1.74. The highest BCUT2D eigenvalue weighted by Gasteiger charge is 2.48. The van der Waals surface area contributed by atoms with E-state index in [0.717, 1.165) is 12.1 Å². The zero-order chi connectivity index (χ0) is 20.5. The molecule has 28 heavy (non-hydrogen) atoms. The number of hydrogen-bond donors (Lipinski definition) is 2. The molecule has 2 heterocycles. The maximum atomic E-state index is 14.7. The fourth-order valence-electron chi connectivity index (χ4n) is 2.63. The molecule has 3 rings (SSSR count). The first-order valence-electron chi connectivity index (χ1n) is 8.00. The minimum atomic E-state index is -3.88. The molecular weight excluding hydrogens is 377 g/mol. The van der Waals surface area contributed by atoms with Gasteiger partial charge in [-0.1, -0.05) is 0 Å². The van der Waals surface area contributed by atoms with E-state index < -0.39 is 42.0 Å². The average molecular weight is 390 g/mol. The molecule has 2 aromatic rings. The molecule has 0 aliphatic carbocycles. The monoisotopic (exact) mass is 390 g/mol. The van der Waals surface area contributed by atoms with Gasteiger partial charge in [0.25, 0.3) is 0 Å². The van der Waals surface area contributed by atoms with Gasteiger partial charge in [-0.25, -0.2) is 14.2 Å². The Morgan fingerprint density at radius 3 is 2.79 bits per heavy atom. The van der Waals surface area contributed by atoms with Crippen molar-refractivity contribution in [3.05, 3.63) is 53.4 Å². The third kappa shape index (κ3) is 3.57. The summed E-state index contributed by atoms with van der Waals surface area (Å²) in [5.74, 6) is -1.78. The van der Waals surface area contributed by atoms with Crippen LogP contribution in [0.15, 0.2) is 30.6 Å². The summed E-state index contributed by atoms with van der Waals surface area (Å²) in [7, 11) is 0. The summed E-state index contributed by atoms with van der Waals surface area (Å²) < 4.78 is 42.7. The van der Waals surface area contributed by atoms with Gasteiger partial charge in [0, 0.05) is 0 Å². The number of anilines is 1. The van der Waals surface area contributed by atoms with Crippen molar-refractivity contribution >= 4 is 17.6 Å². The van der Waals surface area contributed by atoms with Gasteiger partial charge in [0.2, 0.25) is 5.91 Å². The SMILES string of the molecule is C[C@@H](NC(=O)CN1C(=O)Nc2ccc(F)cc2C1(F)F)c1cnc(C#N)cn1. The number of aromatic nitrogens is 2. The van der Waals surface area contributed by atoms with Gasteiger partial charge in [-0.05, 0) is 25.1 Å². The quantitative estimate of drug-likeness (QED) is 0.778. The molecule has 0 fully saturated rings. The van der Waals surface area contributed by atoms with Crippen LogP contribution in [0.2, 0.25) is 0 Å². The lowest BCUT2D eigenvalue weighted by Gasteiger charge is -2.36. The summed E-state index contributed by atoms with van der Waals surface area (Å²) in [5, 5.41) is 13.3. The van der Waals surface area contributed by atoms with E-state index in [1.165, 1.54) is 19.3 Å². The van der Waals surface area contributed by atoms with Crippen molar-refractivity contribution < 1.29 is 22.8 Å². The van der Waals surface area contributed by atoms with E-state index in [1.54, 1.807) is 6.07 Å². The van der Waals surface area contributed by atoms with Crippen LogP contribution < -0.4 is 10.6 Å². The van der Waals surface area contributed by atoms with Crippen LogP contribution in [0.1, 0.15) is 29.9 Å². The maximum Gasteiger partial charge on any atom is 0.358 e. The Hall–Kier alpha value is -3.68. The molecule has 1 aliphatic rings. The number of hydrogen-bond acceptors (Lipinski definition) is 5. The average Bonchev–Trinajstić information content (AvgIpc) is 2.66. The van der Waals surface area contributed by atoms with Crippen molar-refractivity contribution in [1.82, 2.24) is 20.2 Å². The Morgan fingerprint density at radius 1 is 1.39 bits per heavy atom. The smallest absolute Gasteiger partial charge is 0.346 e. The second-order valence-corrected chi connectivity index (χ2v) is 5.97. The van der Waals surface area contributed by atoms with Crippen LogP contribution in [-0.4, -0.2) is 33.4 Å². The third-order valence-corrected chi connectivity index (χ3v) is 4.04. The van der Waals surface area contributed by atoms with E-state index in [4.69, 9.17) is 5.26 Å². The van der Waals surface area contributed by atoms with Gasteiger partial charge < -0.3 is 10.6 Å². The molecule has 11 heteroatoms. The molecule has 0 saturated carbocycles. The van der Waals surface area contributed by atoms with Gasteiger partial charge in [-0.15, -0.1) is 0 Å². The fourth-order valence-corrected chi connectivity index (χ4v) is 2.63. The summed E-state index contributed by atoms with van der Waals surface area (Å²) in [5.41, 5.74) is -0.590. The van der Waals surface area contributed by atoms with Crippen molar-refractivity contribution in [3.8, 4) is 6.07 Å². The van der Waals surface area contributed by atoms with Gasteiger partial charge in [0.05, 0.1) is 35.4 Å². The fraction of sp³-hybridized carbons (Fsp3) is 0.235. The normalized spacial score (nSPS) is 15.8. The highest BCUT2D eigenvalue weighted by atomic mass is 19.3. The van der Waals surface area contributed by atoms with Crippen LogP contribution in [0.4, 0.5) is 23.7 Å². The van der Waals surface area contributed by atoms with Crippen LogP contribution in [0.3, 0.4) is 0 Å². The predicted molar refractivity (Wildman–Crippen MR) is 89.3 cm³/mol. The van der Waals surface area contributed by atoms with E-state index in [2.05, 4.69) is 20.6 Å². The molecule has 1 atom stereocenters. The number of nitriles is 1. The van der Waals surface area contributed by atoms with Crippen molar-refractivity contribution in [1.29, 1.82) is 5.26 Å². The number of halogens is 3. The molecule has 0 spiro atoms. The lowest BCUT2D eigenvalue weighted by Crippen LogP contribution is -2.53. The van der Waals surface area contributed by atoms with Crippen LogP contribution in [0.5, 0.6) is 0 Å². The molecule has 0 saturated heterocycles. The van der Waals surface area contributed by atoms with Crippen LogP contribution in [0.25, 0.3) is 0 Å². The molecular formula is C17H13F3N6O2. The van der Waals surface area contributed by atoms with Crippen molar-refractivity contribution in [2.75, 3.05) is 11.9 Å². The molecule has 1 aromatic heterocycles. The summed E-state index contributed by atoms with van der Waals surface area (Å²) in [4.78, 5) is 32.0. The van der Waals surface area contributed by atoms with E-state index >= 15 is 0 Å². The Labute approximate surface area is 157 Å². The lowest BCUT2D eigenvalue weighted by atomic mass is 10.1. The first kappa shape index (κ1) is 19.1. The molecule has 1 aliphatic heterocycles. The first-order valence-corrected chi connectivity index (χ1v) is 8.00. The van der Waals surface area contributed by atoms with E-state index in [0.29, 0.717) is 11.8 Å². The number of nitrogens with zero attached hydrogens (tertiary/aromatic N) is 4. The molecule has 2 N–H and O–H groups in total. The number of benzene rings is 1. The van der Waals surface area contributed by atoms with Gasteiger partial charge in [-0.2, -0.15) is 14.0 Å². The van der Waals surface area contributed by atoms with Gasteiger partial charge in [0.15, 0.2) is 5.69 Å². The second kappa shape index (κ2) is 7.15. The highest BCUT2D eigenvalue weighted by molar-refractivity contribution is 5.95. The number of carbonyl (C=O) groups is 2.